The van der Waals surface area contributed by atoms with Crippen LogP contribution < -0.4 is 24.8 Å². The Kier molecular flexibility index (Phi) is 5.26. The summed E-state index contributed by atoms with van der Waals surface area (Å²) in [5, 5.41) is 6.57. The fourth-order valence-electron chi connectivity index (χ4n) is 3.40. The third kappa shape index (κ3) is 3.71. The van der Waals surface area contributed by atoms with Crippen molar-refractivity contribution in [3.05, 3.63) is 41.3 Å². The van der Waals surface area contributed by atoms with Crippen LogP contribution in [0, 0.1) is 6.92 Å². The maximum Gasteiger partial charge on any atom is 0.227 e. The minimum absolute atomic E-state index is 0.451. The molecule has 0 saturated carbocycles. The molecule has 29 heavy (non-hydrogen) atoms. The van der Waals surface area contributed by atoms with Crippen LogP contribution in [0.15, 0.2) is 28.8 Å². The van der Waals surface area contributed by atoms with Crippen LogP contribution in [0.4, 0.5) is 11.6 Å². The fraction of sp³-hybridized carbons (Fsp3) is 0.333. The summed E-state index contributed by atoms with van der Waals surface area (Å²) in [7, 11) is 4.73. The minimum atomic E-state index is 0.451. The van der Waals surface area contributed by atoms with Crippen molar-refractivity contribution >= 4 is 11.6 Å². The second kappa shape index (κ2) is 8.00. The Bertz CT molecular complexity index is 983. The van der Waals surface area contributed by atoms with Gasteiger partial charge in [0.25, 0.3) is 0 Å². The standard InChI is InChI=1S/C21H24N4O4/c1-12-10-23-21(24-14-8-17(26-2)20(28-4)18(9-14)27-3)25-19(12)16-7-13-11-22-6-5-15(13)29-16/h7-10,22H,5-6,11H2,1-4H3,(H,23,24,25). The molecule has 0 aliphatic carbocycles. The number of fused-ring (bicyclic) bond motifs is 1. The molecule has 3 heterocycles. The van der Waals surface area contributed by atoms with Gasteiger partial charge in [-0.05, 0) is 18.6 Å². The number of anilines is 2. The fourth-order valence-corrected chi connectivity index (χ4v) is 3.40. The second-order valence-corrected chi connectivity index (χ2v) is 6.75. The van der Waals surface area contributed by atoms with E-state index in [4.69, 9.17) is 18.6 Å². The molecule has 2 N–H and O–H groups in total. The van der Waals surface area contributed by atoms with Crippen LogP contribution in [-0.4, -0.2) is 37.8 Å². The molecule has 1 aliphatic rings. The highest BCUT2D eigenvalue weighted by Gasteiger charge is 2.19. The van der Waals surface area contributed by atoms with Crippen molar-refractivity contribution in [1.29, 1.82) is 0 Å². The molecule has 3 aromatic rings. The molecular formula is C21H24N4O4. The topological polar surface area (TPSA) is 90.7 Å². The molecule has 4 rings (SSSR count). The van der Waals surface area contributed by atoms with E-state index in [1.54, 1.807) is 27.5 Å². The van der Waals surface area contributed by atoms with E-state index in [-0.39, 0.29) is 0 Å². The van der Waals surface area contributed by atoms with E-state index in [0.29, 0.717) is 23.2 Å². The molecule has 152 valence electrons. The van der Waals surface area contributed by atoms with Gasteiger partial charge in [0.2, 0.25) is 11.7 Å². The molecule has 2 aromatic heterocycles. The first kappa shape index (κ1) is 19.1. The van der Waals surface area contributed by atoms with Crippen LogP contribution >= 0.6 is 0 Å². The average Bonchev–Trinajstić information content (AvgIpc) is 3.18. The number of methoxy groups -OCH3 is 3. The molecule has 0 radical (unpaired) electrons. The lowest BCUT2D eigenvalue weighted by atomic mass is 10.1. The van der Waals surface area contributed by atoms with E-state index in [1.165, 1.54) is 5.56 Å². The second-order valence-electron chi connectivity index (χ2n) is 6.75. The lowest BCUT2D eigenvalue weighted by Crippen LogP contribution is -2.22. The zero-order valence-corrected chi connectivity index (χ0v) is 17.0. The highest BCUT2D eigenvalue weighted by molar-refractivity contribution is 5.67. The largest absolute Gasteiger partial charge is 0.493 e. The SMILES string of the molecule is COc1cc(Nc2ncc(C)c(-c3cc4c(o3)CCNC4)n2)cc(OC)c1OC. The van der Waals surface area contributed by atoms with Crippen LogP contribution in [-0.2, 0) is 13.0 Å². The molecule has 0 saturated heterocycles. The third-order valence-electron chi connectivity index (χ3n) is 4.87. The van der Waals surface area contributed by atoms with Crippen molar-refractivity contribution in [1.82, 2.24) is 15.3 Å². The zero-order valence-electron chi connectivity index (χ0n) is 17.0. The molecule has 0 spiro atoms. The van der Waals surface area contributed by atoms with Gasteiger partial charge in [0.05, 0.1) is 21.3 Å². The summed E-state index contributed by atoms with van der Waals surface area (Å²) >= 11 is 0. The maximum atomic E-state index is 6.07. The number of nitrogens with zero attached hydrogens (tertiary/aromatic N) is 2. The summed E-state index contributed by atoms with van der Waals surface area (Å²) in [6.07, 6.45) is 2.67. The van der Waals surface area contributed by atoms with Gasteiger partial charge in [-0.3, -0.25) is 0 Å². The van der Waals surface area contributed by atoms with Gasteiger partial charge in [-0.1, -0.05) is 0 Å². The molecule has 8 heteroatoms. The Hall–Kier alpha value is -3.26. The van der Waals surface area contributed by atoms with Crippen LogP contribution in [0.1, 0.15) is 16.9 Å². The average molecular weight is 396 g/mol. The summed E-state index contributed by atoms with van der Waals surface area (Å²) in [6.45, 7) is 3.72. The van der Waals surface area contributed by atoms with Crippen molar-refractivity contribution < 1.29 is 18.6 Å². The predicted octanol–water partition coefficient (Wildman–Crippen LogP) is 3.46. The molecule has 1 aromatic carbocycles. The first-order chi connectivity index (χ1) is 14.1. The van der Waals surface area contributed by atoms with Gasteiger partial charge in [-0.2, -0.15) is 0 Å². The van der Waals surface area contributed by atoms with Gasteiger partial charge in [0.1, 0.15) is 11.5 Å². The van der Waals surface area contributed by atoms with E-state index in [9.17, 15) is 0 Å². The number of hydrogen-bond donors (Lipinski definition) is 2. The summed E-state index contributed by atoms with van der Waals surface area (Å²) in [6, 6.07) is 5.67. The Labute approximate surface area is 169 Å². The Morgan fingerprint density at radius 1 is 1.07 bits per heavy atom. The number of aryl methyl sites for hydroxylation is 1. The van der Waals surface area contributed by atoms with Crippen LogP contribution in [0.3, 0.4) is 0 Å². The molecule has 8 nitrogen and oxygen atoms in total. The van der Waals surface area contributed by atoms with Gasteiger partial charge < -0.3 is 29.3 Å². The van der Waals surface area contributed by atoms with E-state index in [0.717, 1.165) is 48.0 Å². The Morgan fingerprint density at radius 2 is 1.83 bits per heavy atom. The van der Waals surface area contributed by atoms with E-state index < -0.39 is 0 Å². The van der Waals surface area contributed by atoms with E-state index in [2.05, 4.69) is 26.7 Å². The van der Waals surface area contributed by atoms with E-state index in [1.807, 2.05) is 19.1 Å². The zero-order chi connectivity index (χ0) is 20.4. The van der Waals surface area contributed by atoms with Crippen LogP contribution in [0.25, 0.3) is 11.5 Å². The van der Waals surface area contributed by atoms with Gasteiger partial charge in [-0.25, -0.2) is 9.97 Å². The number of ether oxygens (including phenoxy) is 3. The number of hydrogen-bond acceptors (Lipinski definition) is 8. The number of furan rings is 1. The molecule has 0 atom stereocenters. The van der Waals surface area contributed by atoms with Gasteiger partial charge >= 0.3 is 0 Å². The lowest BCUT2D eigenvalue weighted by Gasteiger charge is -2.15. The number of rotatable bonds is 6. The molecular weight excluding hydrogens is 372 g/mol. The summed E-state index contributed by atoms with van der Waals surface area (Å²) < 4.78 is 22.3. The van der Waals surface area contributed by atoms with Crippen LogP contribution in [0.2, 0.25) is 0 Å². The van der Waals surface area contributed by atoms with Gasteiger partial charge in [0.15, 0.2) is 17.3 Å². The minimum Gasteiger partial charge on any atom is -0.493 e. The summed E-state index contributed by atoms with van der Waals surface area (Å²) in [5.74, 6) is 3.86. The monoisotopic (exact) mass is 396 g/mol. The van der Waals surface area contributed by atoms with Crippen LogP contribution in [0.5, 0.6) is 17.2 Å². The smallest absolute Gasteiger partial charge is 0.227 e. The first-order valence-corrected chi connectivity index (χ1v) is 9.36. The normalized spacial score (nSPS) is 13.0. The quantitative estimate of drug-likeness (QED) is 0.655. The number of aromatic nitrogens is 2. The molecule has 0 unspecified atom stereocenters. The van der Waals surface area contributed by atoms with Crippen molar-refractivity contribution in [2.24, 2.45) is 0 Å². The lowest BCUT2D eigenvalue weighted by molar-refractivity contribution is 0.324. The summed E-state index contributed by atoms with van der Waals surface area (Å²) in [4.78, 5) is 9.09. The van der Waals surface area contributed by atoms with Crippen molar-refractivity contribution in [3.8, 4) is 28.7 Å². The number of nitrogens with one attached hydrogen (secondary N) is 2. The Morgan fingerprint density at radius 3 is 2.48 bits per heavy atom. The molecule has 0 fully saturated rings. The van der Waals surface area contributed by atoms with Crippen molar-refractivity contribution in [2.45, 2.75) is 19.9 Å². The summed E-state index contributed by atoms with van der Waals surface area (Å²) in [5.41, 5.74) is 3.62. The van der Waals surface area contributed by atoms with Crippen molar-refractivity contribution in [2.75, 3.05) is 33.2 Å². The van der Waals surface area contributed by atoms with E-state index >= 15 is 0 Å². The highest BCUT2D eigenvalue weighted by atomic mass is 16.5. The predicted molar refractivity (Wildman–Crippen MR) is 109 cm³/mol. The van der Waals surface area contributed by atoms with Gasteiger partial charge in [-0.15, -0.1) is 0 Å². The molecule has 0 bridgehead atoms. The molecule has 0 amide bonds. The third-order valence-corrected chi connectivity index (χ3v) is 4.87. The molecule has 1 aliphatic heterocycles. The first-order valence-electron chi connectivity index (χ1n) is 9.36. The van der Waals surface area contributed by atoms with Gasteiger partial charge in [0, 0.05) is 49.1 Å². The van der Waals surface area contributed by atoms with Crippen molar-refractivity contribution in [3.63, 3.8) is 0 Å². The highest BCUT2D eigenvalue weighted by Crippen LogP contribution is 2.40. The number of benzene rings is 1. The Balaban J connectivity index is 1.67. The maximum absolute atomic E-state index is 6.07.